The number of benzene rings is 3. The number of amides is 1. The quantitative estimate of drug-likeness (QED) is 0.549. The number of nitrogens with zero attached hydrogens (tertiary/aromatic N) is 1. The van der Waals surface area contributed by atoms with Crippen LogP contribution >= 0.6 is 0 Å². The Balaban J connectivity index is 1.51. The van der Waals surface area contributed by atoms with E-state index in [2.05, 4.69) is 48.5 Å². The van der Waals surface area contributed by atoms with Gasteiger partial charge in [-0.25, -0.2) is 0 Å². The molecule has 1 heterocycles. The normalized spacial score (nSPS) is 19.2. The van der Waals surface area contributed by atoms with Crippen LogP contribution in [0.3, 0.4) is 0 Å². The van der Waals surface area contributed by atoms with E-state index in [0.717, 1.165) is 24.9 Å². The zero-order valence-corrected chi connectivity index (χ0v) is 14.8. The molecule has 0 bridgehead atoms. The molecule has 1 saturated heterocycles. The first kappa shape index (κ1) is 16.6. The van der Waals surface area contributed by atoms with E-state index in [1.54, 1.807) is 0 Å². The Bertz CT molecular complexity index is 845. The van der Waals surface area contributed by atoms with Gasteiger partial charge in [0.25, 0.3) is 0 Å². The molecule has 0 radical (unpaired) electrons. The number of hydrogen-bond acceptors (Lipinski definition) is 1. The molecule has 0 N–H and O–H groups in total. The molecule has 0 aliphatic carbocycles. The summed E-state index contributed by atoms with van der Waals surface area (Å²) in [5.74, 6) is 0.319. The van der Waals surface area contributed by atoms with Gasteiger partial charge in [0.2, 0.25) is 5.91 Å². The van der Waals surface area contributed by atoms with E-state index in [4.69, 9.17) is 0 Å². The van der Waals surface area contributed by atoms with E-state index in [1.807, 2.05) is 47.4 Å². The van der Waals surface area contributed by atoms with Crippen molar-refractivity contribution < 1.29 is 4.79 Å². The topological polar surface area (TPSA) is 20.3 Å². The lowest BCUT2D eigenvalue weighted by Crippen LogP contribution is -2.55. The maximum absolute atomic E-state index is 12.9. The largest absolute Gasteiger partial charge is 0.304 e. The molecule has 0 saturated carbocycles. The molecule has 1 fully saturated rings. The second-order valence-electron chi connectivity index (χ2n) is 6.88. The lowest BCUT2D eigenvalue weighted by atomic mass is 9.78. The van der Waals surface area contributed by atoms with E-state index in [1.165, 1.54) is 11.1 Å². The molecule has 3 aromatic rings. The minimum Gasteiger partial charge on any atom is -0.304 e. The monoisotopic (exact) mass is 341 g/mol. The summed E-state index contributed by atoms with van der Waals surface area (Å²) in [4.78, 5) is 14.9. The third-order valence-corrected chi connectivity index (χ3v) is 5.21. The SMILES string of the molecule is O=C1[C@@H](CCCc2ccccc2)[C@H](c2ccccc2)N1c1ccccc1. The number of rotatable bonds is 6. The molecule has 1 aliphatic rings. The molecular formula is C24H23NO. The Hall–Kier alpha value is -2.87. The first-order chi connectivity index (χ1) is 12.8. The van der Waals surface area contributed by atoms with Gasteiger partial charge in [-0.15, -0.1) is 0 Å². The third kappa shape index (κ3) is 3.28. The van der Waals surface area contributed by atoms with Crippen LogP contribution in [-0.4, -0.2) is 5.91 Å². The van der Waals surface area contributed by atoms with Gasteiger partial charge in [-0.2, -0.15) is 0 Å². The summed E-state index contributed by atoms with van der Waals surface area (Å²) in [5, 5.41) is 0. The highest BCUT2D eigenvalue weighted by molar-refractivity contribution is 6.03. The number of carbonyl (C=O) groups excluding carboxylic acids is 1. The van der Waals surface area contributed by atoms with Crippen LogP contribution in [0.4, 0.5) is 5.69 Å². The van der Waals surface area contributed by atoms with E-state index in [-0.39, 0.29) is 17.9 Å². The van der Waals surface area contributed by atoms with Crippen LogP contribution in [0.2, 0.25) is 0 Å². The molecule has 0 spiro atoms. The second-order valence-corrected chi connectivity index (χ2v) is 6.88. The first-order valence-electron chi connectivity index (χ1n) is 9.31. The fourth-order valence-electron chi connectivity index (χ4n) is 3.91. The van der Waals surface area contributed by atoms with Gasteiger partial charge in [0, 0.05) is 5.69 Å². The summed E-state index contributed by atoms with van der Waals surface area (Å²) >= 11 is 0. The van der Waals surface area contributed by atoms with Crippen LogP contribution in [0.25, 0.3) is 0 Å². The molecule has 4 rings (SSSR count). The van der Waals surface area contributed by atoms with Gasteiger partial charge in [0.15, 0.2) is 0 Å². The Morgan fingerprint density at radius 1 is 0.731 bits per heavy atom. The van der Waals surface area contributed by atoms with Crippen molar-refractivity contribution in [3.63, 3.8) is 0 Å². The molecule has 2 nitrogen and oxygen atoms in total. The Morgan fingerprint density at radius 3 is 1.96 bits per heavy atom. The van der Waals surface area contributed by atoms with Crippen LogP contribution in [0, 0.1) is 5.92 Å². The number of para-hydroxylation sites is 1. The third-order valence-electron chi connectivity index (χ3n) is 5.21. The zero-order chi connectivity index (χ0) is 17.8. The molecule has 2 heteroatoms. The summed E-state index contributed by atoms with van der Waals surface area (Å²) in [6, 6.07) is 31.1. The van der Waals surface area contributed by atoms with Gasteiger partial charge in [-0.05, 0) is 42.5 Å². The number of β-lactam (4-membered cyclic amide) rings is 1. The average molecular weight is 341 g/mol. The fraction of sp³-hybridized carbons (Fsp3) is 0.208. The molecular weight excluding hydrogens is 318 g/mol. The van der Waals surface area contributed by atoms with Crippen LogP contribution in [-0.2, 0) is 11.2 Å². The second kappa shape index (κ2) is 7.57. The van der Waals surface area contributed by atoms with Crippen LogP contribution in [0.1, 0.15) is 30.0 Å². The van der Waals surface area contributed by atoms with Gasteiger partial charge in [-0.3, -0.25) is 4.79 Å². The van der Waals surface area contributed by atoms with Crippen LogP contribution in [0.5, 0.6) is 0 Å². The molecule has 2 atom stereocenters. The van der Waals surface area contributed by atoms with E-state index < -0.39 is 0 Å². The fourth-order valence-corrected chi connectivity index (χ4v) is 3.91. The van der Waals surface area contributed by atoms with Crippen molar-refractivity contribution in [2.45, 2.75) is 25.3 Å². The van der Waals surface area contributed by atoms with E-state index >= 15 is 0 Å². The summed E-state index contributed by atoms with van der Waals surface area (Å²) in [5.41, 5.74) is 3.56. The van der Waals surface area contributed by atoms with E-state index in [9.17, 15) is 4.79 Å². The smallest absolute Gasteiger partial charge is 0.233 e. The van der Waals surface area contributed by atoms with E-state index in [0.29, 0.717) is 0 Å². The molecule has 1 aliphatic heterocycles. The number of hydrogen-bond donors (Lipinski definition) is 0. The zero-order valence-electron chi connectivity index (χ0n) is 14.8. The maximum atomic E-state index is 12.9. The van der Waals surface area contributed by atoms with Crippen LogP contribution in [0.15, 0.2) is 91.0 Å². The summed E-state index contributed by atoms with van der Waals surface area (Å²) < 4.78 is 0. The molecule has 3 aromatic carbocycles. The molecule has 0 aromatic heterocycles. The van der Waals surface area contributed by atoms with Gasteiger partial charge in [0.1, 0.15) is 0 Å². The highest BCUT2D eigenvalue weighted by Crippen LogP contribution is 2.45. The minimum atomic E-state index is 0.0707. The van der Waals surface area contributed by atoms with Crippen molar-refractivity contribution in [2.24, 2.45) is 5.92 Å². The van der Waals surface area contributed by atoms with Crippen molar-refractivity contribution in [1.82, 2.24) is 0 Å². The number of aryl methyl sites for hydroxylation is 1. The molecule has 130 valence electrons. The Morgan fingerprint density at radius 2 is 1.31 bits per heavy atom. The Kier molecular flexibility index (Phi) is 4.83. The maximum Gasteiger partial charge on any atom is 0.233 e. The highest BCUT2D eigenvalue weighted by Gasteiger charge is 2.47. The Labute approximate surface area is 155 Å². The standard InChI is InChI=1S/C24H23NO/c26-24-22(18-10-13-19-11-4-1-5-12-19)23(20-14-6-2-7-15-20)25(24)21-16-8-3-9-17-21/h1-9,11-12,14-17,22-23H,10,13,18H2/t22-,23-/m0/s1. The number of anilines is 1. The molecule has 26 heavy (non-hydrogen) atoms. The van der Waals surface area contributed by atoms with Gasteiger partial charge in [0.05, 0.1) is 12.0 Å². The van der Waals surface area contributed by atoms with Crippen LogP contribution < -0.4 is 4.90 Å². The average Bonchev–Trinajstić information content (AvgIpc) is 2.71. The lowest BCUT2D eigenvalue weighted by Gasteiger charge is -2.47. The summed E-state index contributed by atoms with van der Waals surface area (Å²) in [7, 11) is 0. The minimum absolute atomic E-state index is 0.0707. The summed E-state index contributed by atoms with van der Waals surface area (Å²) in [6.45, 7) is 0. The molecule has 1 amide bonds. The lowest BCUT2D eigenvalue weighted by molar-refractivity contribution is -0.130. The van der Waals surface area contributed by atoms with Crippen molar-refractivity contribution in [2.75, 3.05) is 4.90 Å². The van der Waals surface area contributed by atoms with Gasteiger partial charge in [-0.1, -0.05) is 78.9 Å². The number of carbonyl (C=O) groups is 1. The molecule has 0 unspecified atom stereocenters. The summed E-state index contributed by atoms with van der Waals surface area (Å²) in [6.07, 6.45) is 2.99. The van der Waals surface area contributed by atoms with Gasteiger partial charge >= 0.3 is 0 Å². The van der Waals surface area contributed by atoms with Crippen molar-refractivity contribution >= 4 is 11.6 Å². The predicted molar refractivity (Wildman–Crippen MR) is 106 cm³/mol. The predicted octanol–water partition coefficient (Wildman–Crippen LogP) is 5.41. The van der Waals surface area contributed by atoms with Crippen molar-refractivity contribution in [3.05, 3.63) is 102 Å². The van der Waals surface area contributed by atoms with Gasteiger partial charge < -0.3 is 4.90 Å². The highest BCUT2D eigenvalue weighted by atomic mass is 16.2. The van der Waals surface area contributed by atoms with Crippen molar-refractivity contribution in [1.29, 1.82) is 0 Å². The van der Waals surface area contributed by atoms with Crippen molar-refractivity contribution in [3.8, 4) is 0 Å². The first-order valence-corrected chi connectivity index (χ1v) is 9.31.